The number of carbonyl (C=O) groups excluding carboxylic acids is 5. The number of sulfonamides is 1. The van der Waals surface area contributed by atoms with Gasteiger partial charge in [-0.15, -0.1) is 23.5 Å². The number of likely N-dealkylation sites (N-methyl/N-ethyl adjacent to an activating group) is 1. The second-order valence-electron chi connectivity index (χ2n) is 22.5. The summed E-state index contributed by atoms with van der Waals surface area (Å²) in [6, 6.07) is 20.6. The van der Waals surface area contributed by atoms with Crippen molar-refractivity contribution in [3.05, 3.63) is 150 Å². The highest BCUT2D eigenvalue weighted by Gasteiger charge is 2.45. The third-order valence-corrected chi connectivity index (χ3v) is 20.0. The molecule has 1 aromatic heterocycles. The number of rotatable bonds is 34. The lowest BCUT2D eigenvalue weighted by Gasteiger charge is -2.25. The van der Waals surface area contributed by atoms with Gasteiger partial charge in [0.25, 0.3) is 21.9 Å². The number of ether oxygens (including phenoxy) is 2. The Balaban J connectivity index is 0.974. The Labute approximate surface area is 531 Å². The molecule has 9 N–H and O–H groups in total. The van der Waals surface area contributed by atoms with Gasteiger partial charge in [0.1, 0.15) is 31.6 Å². The Morgan fingerprint density at radius 1 is 0.809 bits per heavy atom. The van der Waals surface area contributed by atoms with Crippen LogP contribution in [0.1, 0.15) is 119 Å². The number of fused-ring (bicyclic) bond motifs is 2. The van der Waals surface area contributed by atoms with Crippen molar-refractivity contribution >= 4 is 96.4 Å². The van der Waals surface area contributed by atoms with Crippen LogP contribution in [0.4, 0.5) is 16.2 Å². The lowest BCUT2D eigenvalue weighted by Crippen LogP contribution is -2.44. The number of nitrogens with one attached hydrogen (secondary N) is 4. The van der Waals surface area contributed by atoms with Crippen molar-refractivity contribution in [2.24, 2.45) is 16.5 Å². The molecule has 0 bridgehead atoms. The molecule has 0 saturated heterocycles. The van der Waals surface area contributed by atoms with Gasteiger partial charge in [-0.2, -0.15) is 13.0 Å². The molecule has 0 spiro atoms. The lowest BCUT2D eigenvalue weighted by molar-refractivity contribution is -0.438. The van der Waals surface area contributed by atoms with Crippen LogP contribution < -0.4 is 37.0 Å². The van der Waals surface area contributed by atoms with E-state index in [1.807, 2.05) is 71.1 Å². The Hall–Kier alpha value is -7.20. The maximum absolute atomic E-state index is 13.6. The minimum atomic E-state index is -4.47. The predicted octanol–water partition coefficient (Wildman–Crippen LogP) is 7.68. The third kappa shape index (κ3) is 20.4. The summed E-state index contributed by atoms with van der Waals surface area (Å²) in [6.45, 7) is 16.6. The van der Waals surface area contributed by atoms with Crippen LogP contribution in [0.25, 0.3) is 0 Å². The molecule has 22 nitrogen and oxygen atoms in total. The molecule has 4 aromatic rings. The van der Waals surface area contributed by atoms with E-state index in [2.05, 4.69) is 54.0 Å². The molecule has 0 aliphatic carbocycles. The summed E-state index contributed by atoms with van der Waals surface area (Å²) < 4.78 is 77.1. The standard InChI is InChI=1S/C63H82N10O12S4/c1-8-72-51-29-27-46(88(79,80)69-34-33-67-43-55(64)68-32-19-23-50(57(65)75)70-58(76)44-20-12-9-13-21-44)40-48(51)61(2,3)53(72)24-14-10-15-25-54-62(4,5)49-41-47(89(81,82)83)28-30-52(49)73(54)35-17-11-16-26-56(74)84-36-38-86-63(6,7)87-39-37-85-60(78)71-59(77)45-22-18-31-66-42-45/h9-10,12-15,18,20-22,24-25,27-31,40-42,50,67,69H,8,11,16-17,19,23,26,32-39,43H2,1-7H3,(H6-,64,65,68,70,71,75,76,77,78,81,82,83)/p+1/t50-/m0/s1. The number of primary amides is 1. The van der Waals surface area contributed by atoms with E-state index in [4.69, 9.17) is 20.9 Å². The van der Waals surface area contributed by atoms with Crippen molar-refractivity contribution in [1.29, 1.82) is 0 Å². The number of benzene rings is 3. The molecule has 0 fully saturated rings. The average Bonchev–Trinajstić information content (AvgIpc) is 1.85. The SMILES string of the molecule is CCN1\C(=C/C=C/C=C/C2=[N+](CCCCCC(=O)OCCSC(C)(C)SCCOC(=O)NC(=O)c3cccnc3)c3ccc(S(=O)(=O)O)cc3C2(C)C)C(C)(C)c2cc(S(=O)(=O)NCCNCC(N)=NCCC[C@H](NC(=O)c3ccccc3)C(N)=O)ccc21. The molecule has 0 unspecified atom stereocenters. The normalized spacial score (nSPS) is 15.5. The molecule has 6 rings (SSSR count). The molecule has 2 aliphatic heterocycles. The summed E-state index contributed by atoms with van der Waals surface area (Å²) in [5.41, 5.74) is 16.2. The zero-order valence-corrected chi connectivity index (χ0v) is 54.7. The molecule has 480 valence electrons. The van der Waals surface area contributed by atoms with Gasteiger partial charge in [-0.05, 0) is 127 Å². The van der Waals surface area contributed by atoms with Crippen LogP contribution >= 0.6 is 23.5 Å². The van der Waals surface area contributed by atoms with Gasteiger partial charge in [0.2, 0.25) is 21.6 Å². The molecule has 26 heteroatoms. The van der Waals surface area contributed by atoms with E-state index in [9.17, 15) is 45.4 Å². The van der Waals surface area contributed by atoms with E-state index < -0.39 is 60.8 Å². The summed E-state index contributed by atoms with van der Waals surface area (Å²) in [5, 5.41) is 7.93. The number of hydrogen-bond acceptors (Lipinski definition) is 17. The fourth-order valence-corrected chi connectivity index (χ4v) is 13.9. The van der Waals surface area contributed by atoms with Crippen LogP contribution in [-0.2, 0) is 50.0 Å². The van der Waals surface area contributed by atoms with Crippen molar-refractivity contribution in [2.75, 3.05) is 68.9 Å². The number of imide groups is 1. The van der Waals surface area contributed by atoms with E-state index in [1.165, 1.54) is 24.5 Å². The van der Waals surface area contributed by atoms with E-state index in [0.717, 1.165) is 40.3 Å². The zero-order valence-electron chi connectivity index (χ0n) is 51.5. The van der Waals surface area contributed by atoms with Crippen LogP contribution in [0, 0.1) is 0 Å². The molecule has 4 amide bonds. The van der Waals surface area contributed by atoms with Crippen molar-refractivity contribution in [1.82, 2.24) is 25.7 Å². The second-order valence-corrected chi connectivity index (χ2v) is 29.4. The molecule has 89 heavy (non-hydrogen) atoms. The number of thioether (sulfide) groups is 2. The Kier molecular flexibility index (Phi) is 25.9. The van der Waals surface area contributed by atoms with Gasteiger partial charge in [0.05, 0.1) is 31.4 Å². The smallest absolute Gasteiger partial charge is 0.414 e. The Bertz CT molecular complexity index is 3560. The van der Waals surface area contributed by atoms with Crippen molar-refractivity contribution < 1.29 is 59.4 Å². The minimum absolute atomic E-state index is 0.0845. The number of allylic oxidation sites excluding steroid dienone is 6. The number of unbranched alkanes of at least 4 members (excludes halogenated alkanes) is 2. The lowest BCUT2D eigenvalue weighted by atomic mass is 9.81. The fourth-order valence-electron chi connectivity index (χ4n) is 10.2. The number of alkyl carbamates (subject to hydrolysis) is 1. The van der Waals surface area contributed by atoms with Crippen molar-refractivity contribution in [3.63, 3.8) is 0 Å². The number of nitrogens with zero attached hydrogens (tertiary/aromatic N) is 4. The quantitative estimate of drug-likeness (QED) is 0.00344. The molecular weight excluding hydrogens is 1220 g/mol. The molecule has 3 aromatic carbocycles. The molecule has 0 radical (unpaired) electrons. The predicted molar refractivity (Wildman–Crippen MR) is 350 cm³/mol. The second kappa shape index (κ2) is 32.5. The molecule has 3 heterocycles. The van der Waals surface area contributed by atoms with Gasteiger partial charge in [-0.25, -0.2) is 17.9 Å². The highest BCUT2D eigenvalue weighted by atomic mass is 32.2. The van der Waals surface area contributed by atoms with Crippen molar-refractivity contribution in [3.8, 4) is 0 Å². The topological polar surface area (TPSA) is 324 Å². The Morgan fingerprint density at radius 2 is 1.51 bits per heavy atom. The summed E-state index contributed by atoms with van der Waals surface area (Å²) in [4.78, 5) is 71.7. The average molecular weight is 1300 g/mol. The summed E-state index contributed by atoms with van der Waals surface area (Å²) >= 11 is 3.19. The number of aliphatic imine (C=N–C) groups is 1. The summed E-state index contributed by atoms with van der Waals surface area (Å²) in [6.07, 6.45) is 14.8. The highest BCUT2D eigenvalue weighted by Crippen LogP contribution is 2.48. The number of pyridine rings is 1. The zero-order chi connectivity index (χ0) is 65.0. The molecule has 2 aliphatic rings. The first-order valence-electron chi connectivity index (χ1n) is 29.4. The van der Waals surface area contributed by atoms with Crippen LogP contribution in [0.3, 0.4) is 0 Å². The number of amides is 4. The maximum Gasteiger partial charge on any atom is 0.414 e. The molecule has 1 atom stereocenters. The largest absolute Gasteiger partial charge is 0.465 e. The summed E-state index contributed by atoms with van der Waals surface area (Å²) in [5.74, 6) is -0.576. The number of amidine groups is 1. The van der Waals surface area contributed by atoms with E-state index in [-0.39, 0.29) is 71.1 Å². The van der Waals surface area contributed by atoms with Crippen LogP contribution in [0.5, 0.6) is 0 Å². The first-order valence-corrected chi connectivity index (χ1v) is 34.3. The number of nitrogens with two attached hydrogens (primary N) is 2. The molecule has 0 saturated carbocycles. The number of hydrogen-bond donors (Lipinski definition) is 7. The van der Waals surface area contributed by atoms with Gasteiger partial charge in [-0.3, -0.25) is 39.0 Å². The molecular formula is C63H83N10O12S4+. The first-order chi connectivity index (χ1) is 42.2. The number of esters is 1. The van der Waals surface area contributed by atoms with Gasteiger partial charge in [0.15, 0.2) is 5.71 Å². The minimum Gasteiger partial charge on any atom is -0.465 e. The van der Waals surface area contributed by atoms with Crippen molar-refractivity contribution in [2.45, 2.75) is 118 Å². The van der Waals surface area contributed by atoms with E-state index >= 15 is 0 Å². The van der Waals surface area contributed by atoms with Gasteiger partial charge in [-0.1, -0.05) is 50.3 Å². The van der Waals surface area contributed by atoms with Crippen LogP contribution in [0.2, 0.25) is 0 Å². The third-order valence-electron chi connectivity index (χ3n) is 14.9. The Morgan fingerprint density at radius 3 is 2.19 bits per heavy atom. The van der Waals surface area contributed by atoms with E-state index in [0.29, 0.717) is 61.8 Å². The number of carbonyl (C=O) groups is 5. The van der Waals surface area contributed by atoms with Gasteiger partial charge < -0.3 is 36.5 Å². The summed E-state index contributed by atoms with van der Waals surface area (Å²) in [7, 11) is -8.38. The number of aromatic nitrogens is 1. The monoisotopic (exact) mass is 1300 g/mol. The van der Waals surface area contributed by atoms with E-state index in [1.54, 1.807) is 84.2 Å². The highest BCUT2D eigenvalue weighted by molar-refractivity contribution is 8.18. The van der Waals surface area contributed by atoms with Crippen LogP contribution in [-0.4, -0.2) is 146 Å². The first kappa shape index (κ1) is 70.9. The maximum atomic E-state index is 13.6. The van der Waals surface area contributed by atoms with Crippen LogP contribution in [0.15, 0.2) is 142 Å². The van der Waals surface area contributed by atoms with Gasteiger partial charge in [0, 0.05) is 103 Å². The van der Waals surface area contributed by atoms with Gasteiger partial charge >= 0.3 is 12.1 Å². The number of anilines is 1. The fraction of sp³-hybridized carbons (Fsp3) is 0.429.